The first kappa shape index (κ1) is 5.92. The maximum absolute atomic E-state index is 8.64. The Morgan fingerprint density at radius 3 is 3.10 bits per heavy atom. The first-order valence-electron chi connectivity index (χ1n) is 3.48. The highest BCUT2D eigenvalue weighted by molar-refractivity contribution is 5.15. The van der Waals surface area contributed by atoms with Crippen molar-refractivity contribution in [3.63, 3.8) is 0 Å². The maximum Gasteiger partial charge on any atom is 0.220 e. The molecule has 0 radical (unpaired) electrons. The largest absolute Gasteiger partial charge is 0.443 e. The van der Waals surface area contributed by atoms with Gasteiger partial charge in [-0.15, -0.1) is 0 Å². The summed E-state index contributed by atoms with van der Waals surface area (Å²) in [6.07, 6.45) is 3.15. The standard InChI is InChI=1S/C7H9NO2/c9-4-7-8-5-2-1-3-6(5)10-7/h9H,1-4H2. The second-order valence-corrected chi connectivity index (χ2v) is 2.49. The van der Waals surface area contributed by atoms with Crippen LogP contribution in [0.5, 0.6) is 0 Å². The normalized spacial score (nSPS) is 15.7. The minimum absolute atomic E-state index is 0.0764. The Hall–Kier alpha value is -0.830. The summed E-state index contributed by atoms with van der Waals surface area (Å²) in [6.45, 7) is -0.0764. The van der Waals surface area contributed by atoms with Gasteiger partial charge in [0.25, 0.3) is 0 Å². The molecule has 0 aromatic carbocycles. The Bertz CT molecular complexity index is 220. The molecule has 0 unspecified atom stereocenters. The minimum atomic E-state index is -0.0764. The van der Waals surface area contributed by atoms with E-state index in [4.69, 9.17) is 9.52 Å². The molecule has 0 saturated carbocycles. The van der Waals surface area contributed by atoms with E-state index < -0.39 is 0 Å². The van der Waals surface area contributed by atoms with Crippen LogP contribution in [0.1, 0.15) is 23.8 Å². The van der Waals surface area contributed by atoms with Crippen molar-refractivity contribution in [2.45, 2.75) is 25.9 Å². The van der Waals surface area contributed by atoms with Crippen LogP contribution in [0.3, 0.4) is 0 Å². The fourth-order valence-electron chi connectivity index (χ4n) is 1.31. The lowest BCUT2D eigenvalue weighted by molar-refractivity contribution is 0.236. The molecular formula is C7H9NO2. The van der Waals surface area contributed by atoms with Gasteiger partial charge < -0.3 is 9.52 Å². The van der Waals surface area contributed by atoms with Crippen molar-refractivity contribution in [3.8, 4) is 0 Å². The first-order valence-corrected chi connectivity index (χ1v) is 3.48. The Labute approximate surface area is 58.7 Å². The summed E-state index contributed by atoms with van der Waals surface area (Å²) < 4.78 is 5.21. The van der Waals surface area contributed by atoms with E-state index in [1.54, 1.807) is 0 Å². The van der Waals surface area contributed by atoms with Gasteiger partial charge in [-0.05, 0) is 12.8 Å². The second-order valence-electron chi connectivity index (χ2n) is 2.49. The summed E-state index contributed by atoms with van der Waals surface area (Å²) in [5.74, 6) is 1.44. The maximum atomic E-state index is 8.64. The zero-order valence-corrected chi connectivity index (χ0v) is 5.63. The average molecular weight is 139 g/mol. The van der Waals surface area contributed by atoms with Crippen molar-refractivity contribution >= 4 is 0 Å². The predicted molar refractivity (Wildman–Crippen MR) is 34.5 cm³/mol. The molecule has 0 spiro atoms. The number of aryl methyl sites for hydroxylation is 2. The van der Waals surface area contributed by atoms with Gasteiger partial charge in [-0.3, -0.25) is 0 Å². The van der Waals surface area contributed by atoms with Gasteiger partial charge in [0.2, 0.25) is 5.89 Å². The molecule has 0 amide bonds. The molecule has 54 valence electrons. The van der Waals surface area contributed by atoms with Crippen molar-refractivity contribution in [1.29, 1.82) is 0 Å². The lowest BCUT2D eigenvalue weighted by Crippen LogP contribution is -1.84. The van der Waals surface area contributed by atoms with Crippen molar-refractivity contribution < 1.29 is 9.52 Å². The summed E-state index contributed by atoms with van der Waals surface area (Å²) in [5.41, 5.74) is 1.05. The summed E-state index contributed by atoms with van der Waals surface area (Å²) in [6, 6.07) is 0. The molecule has 1 heterocycles. The molecule has 0 saturated heterocycles. The van der Waals surface area contributed by atoms with Crippen molar-refractivity contribution in [2.75, 3.05) is 0 Å². The summed E-state index contributed by atoms with van der Waals surface area (Å²) in [4.78, 5) is 4.09. The number of nitrogens with zero attached hydrogens (tertiary/aromatic N) is 1. The summed E-state index contributed by atoms with van der Waals surface area (Å²) in [7, 11) is 0. The van der Waals surface area contributed by atoms with Gasteiger partial charge in [0.15, 0.2) is 0 Å². The number of aromatic nitrogens is 1. The number of aliphatic hydroxyl groups is 1. The third kappa shape index (κ3) is 0.743. The van der Waals surface area contributed by atoms with Crippen LogP contribution in [-0.4, -0.2) is 10.1 Å². The molecule has 10 heavy (non-hydrogen) atoms. The van der Waals surface area contributed by atoms with Crippen LogP contribution in [0.4, 0.5) is 0 Å². The highest BCUT2D eigenvalue weighted by atomic mass is 16.4. The molecule has 3 nitrogen and oxygen atoms in total. The quantitative estimate of drug-likeness (QED) is 0.621. The zero-order chi connectivity index (χ0) is 6.97. The van der Waals surface area contributed by atoms with E-state index in [-0.39, 0.29) is 6.61 Å². The van der Waals surface area contributed by atoms with E-state index in [9.17, 15) is 0 Å². The summed E-state index contributed by atoms with van der Waals surface area (Å²) in [5, 5.41) is 8.64. The van der Waals surface area contributed by atoms with E-state index >= 15 is 0 Å². The minimum Gasteiger partial charge on any atom is -0.443 e. The highest BCUT2D eigenvalue weighted by Crippen LogP contribution is 2.21. The molecule has 1 aromatic heterocycles. The molecule has 0 bridgehead atoms. The molecule has 3 heteroatoms. The van der Waals surface area contributed by atoms with Gasteiger partial charge in [-0.2, -0.15) is 0 Å². The molecular weight excluding hydrogens is 130 g/mol. The number of aliphatic hydroxyl groups excluding tert-OH is 1. The van der Waals surface area contributed by atoms with Gasteiger partial charge in [0.1, 0.15) is 12.4 Å². The Balaban J connectivity index is 2.37. The molecule has 1 N–H and O–H groups in total. The Kier molecular flexibility index (Phi) is 1.24. The van der Waals surface area contributed by atoms with Gasteiger partial charge in [0.05, 0.1) is 5.69 Å². The number of oxazole rings is 1. The average Bonchev–Trinajstić information content (AvgIpc) is 2.42. The van der Waals surface area contributed by atoms with Gasteiger partial charge in [0, 0.05) is 6.42 Å². The van der Waals surface area contributed by atoms with Crippen LogP contribution in [0.15, 0.2) is 4.42 Å². The van der Waals surface area contributed by atoms with E-state index in [1.807, 2.05) is 0 Å². The molecule has 2 rings (SSSR count). The molecule has 1 aliphatic carbocycles. The predicted octanol–water partition coefficient (Wildman–Crippen LogP) is 0.656. The molecule has 0 fully saturated rings. The fourth-order valence-corrected chi connectivity index (χ4v) is 1.31. The molecule has 0 atom stereocenters. The van der Waals surface area contributed by atoms with E-state index in [0.29, 0.717) is 5.89 Å². The number of hydrogen-bond acceptors (Lipinski definition) is 3. The van der Waals surface area contributed by atoms with E-state index in [0.717, 1.165) is 30.7 Å². The summed E-state index contributed by atoms with van der Waals surface area (Å²) >= 11 is 0. The Morgan fingerprint density at radius 2 is 2.40 bits per heavy atom. The highest BCUT2D eigenvalue weighted by Gasteiger charge is 2.17. The third-order valence-electron chi connectivity index (χ3n) is 1.78. The van der Waals surface area contributed by atoms with Crippen molar-refractivity contribution in [2.24, 2.45) is 0 Å². The van der Waals surface area contributed by atoms with Crippen LogP contribution in [-0.2, 0) is 19.4 Å². The fraction of sp³-hybridized carbons (Fsp3) is 0.571. The van der Waals surface area contributed by atoms with Crippen LogP contribution in [0.2, 0.25) is 0 Å². The van der Waals surface area contributed by atoms with Gasteiger partial charge in [-0.1, -0.05) is 0 Å². The van der Waals surface area contributed by atoms with Crippen LogP contribution in [0, 0.1) is 0 Å². The number of hydrogen-bond donors (Lipinski definition) is 1. The van der Waals surface area contributed by atoms with E-state index in [2.05, 4.69) is 4.98 Å². The van der Waals surface area contributed by atoms with Gasteiger partial charge in [-0.25, -0.2) is 4.98 Å². The second kappa shape index (κ2) is 2.09. The zero-order valence-electron chi connectivity index (χ0n) is 5.63. The molecule has 1 aromatic rings. The number of fused-ring (bicyclic) bond motifs is 1. The lowest BCUT2D eigenvalue weighted by Gasteiger charge is -1.85. The van der Waals surface area contributed by atoms with Crippen LogP contribution >= 0.6 is 0 Å². The lowest BCUT2D eigenvalue weighted by atomic mass is 10.4. The topological polar surface area (TPSA) is 46.3 Å². The molecule has 1 aliphatic rings. The van der Waals surface area contributed by atoms with Crippen molar-refractivity contribution in [1.82, 2.24) is 4.98 Å². The SMILES string of the molecule is OCc1nc2c(o1)CCC2. The van der Waals surface area contributed by atoms with Crippen LogP contribution < -0.4 is 0 Å². The van der Waals surface area contributed by atoms with Crippen molar-refractivity contribution in [3.05, 3.63) is 17.3 Å². The third-order valence-corrected chi connectivity index (χ3v) is 1.78. The molecule has 0 aliphatic heterocycles. The number of rotatable bonds is 1. The van der Waals surface area contributed by atoms with E-state index in [1.165, 1.54) is 0 Å². The Morgan fingerprint density at radius 1 is 1.50 bits per heavy atom. The van der Waals surface area contributed by atoms with Crippen LogP contribution in [0.25, 0.3) is 0 Å². The monoisotopic (exact) mass is 139 g/mol. The smallest absolute Gasteiger partial charge is 0.220 e. The first-order chi connectivity index (χ1) is 4.90. The van der Waals surface area contributed by atoms with Gasteiger partial charge >= 0.3 is 0 Å².